The molecule has 11 heteroatoms. The number of rotatable bonds is 7. The lowest BCUT2D eigenvalue weighted by molar-refractivity contribution is -0.145. The second-order valence-electron chi connectivity index (χ2n) is 6.42. The second kappa shape index (κ2) is 11.1. The number of ether oxygens (including phenoxy) is 2. The zero-order valence-corrected chi connectivity index (χ0v) is 22.0. The zero-order valence-electron chi connectivity index (χ0n) is 16.5. The third-order valence-electron chi connectivity index (χ3n) is 4.15. The summed E-state index contributed by atoms with van der Waals surface area (Å²) in [5, 5.41) is 0.390. The predicted molar refractivity (Wildman–Crippen MR) is 132 cm³/mol. The fourth-order valence-corrected chi connectivity index (χ4v) is 5.32. The van der Waals surface area contributed by atoms with Crippen LogP contribution in [-0.2, 0) is 20.9 Å². The molecule has 168 valence electrons. The average Bonchev–Trinajstić information content (AvgIpc) is 2.97. The monoisotopic (exact) mass is 621 g/mol. The van der Waals surface area contributed by atoms with Gasteiger partial charge < -0.3 is 9.47 Å². The minimum absolute atomic E-state index is 0.173. The Morgan fingerprint density at radius 2 is 1.81 bits per heavy atom. The lowest BCUT2D eigenvalue weighted by atomic mass is 10.2. The van der Waals surface area contributed by atoms with Gasteiger partial charge in [0, 0.05) is 0 Å². The van der Waals surface area contributed by atoms with Crippen LogP contribution in [0.2, 0.25) is 10.0 Å². The van der Waals surface area contributed by atoms with Crippen molar-refractivity contribution in [2.24, 2.45) is 0 Å². The van der Waals surface area contributed by atoms with E-state index < -0.39 is 23.7 Å². The summed E-state index contributed by atoms with van der Waals surface area (Å²) in [6, 6.07) is 8.76. The Hall–Kier alpha value is -1.52. The first-order valence-electron chi connectivity index (χ1n) is 9.16. The summed E-state index contributed by atoms with van der Waals surface area (Å²) in [6.07, 6.45) is 1.58. The number of halogens is 4. The molecule has 2 aromatic carbocycles. The molecule has 0 aliphatic carbocycles. The van der Waals surface area contributed by atoms with E-state index in [9.17, 15) is 14.4 Å². The van der Waals surface area contributed by atoms with Gasteiger partial charge in [-0.05, 0) is 92.0 Å². The largest absolute Gasteiger partial charge is 0.487 e. The van der Waals surface area contributed by atoms with E-state index in [2.05, 4.69) is 31.9 Å². The molecule has 32 heavy (non-hydrogen) atoms. The van der Waals surface area contributed by atoms with Crippen molar-refractivity contribution in [3.05, 3.63) is 65.4 Å². The molecule has 0 aromatic heterocycles. The summed E-state index contributed by atoms with van der Waals surface area (Å²) < 4.78 is 12.0. The highest BCUT2D eigenvalue weighted by Crippen LogP contribution is 2.38. The van der Waals surface area contributed by atoms with Crippen LogP contribution in [0, 0.1) is 0 Å². The van der Waals surface area contributed by atoms with Crippen molar-refractivity contribution in [1.29, 1.82) is 0 Å². The molecule has 2 amide bonds. The highest BCUT2D eigenvalue weighted by atomic mass is 79.9. The number of carbonyl (C=O) groups is 3. The van der Waals surface area contributed by atoms with Crippen molar-refractivity contribution in [3.8, 4) is 5.75 Å². The predicted octanol–water partition coefficient (Wildman–Crippen LogP) is 6.70. The number of imide groups is 1. The van der Waals surface area contributed by atoms with E-state index in [4.69, 9.17) is 32.7 Å². The van der Waals surface area contributed by atoms with Crippen molar-refractivity contribution < 1.29 is 23.9 Å². The third kappa shape index (κ3) is 6.08. The van der Waals surface area contributed by atoms with E-state index in [-0.39, 0.29) is 18.1 Å². The first-order valence-corrected chi connectivity index (χ1v) is 12.3. The molecule has 3 rings (SSSR count). The van der Waals surface area contributed by atoms with Gasteiger partial charge in [0.1, 0.15) is 18.9 Å². The molecule has 0 radical (unpaired) electrons. The van der Waals surface area contributed by atoms with Gasteiger partial charge in [-0.25, -0.2) is 0 Å². The topological polar surface area (TPSA) is 72.9 Å². The van der Waals surface area contributed by atoms with E-state index >= 15 is 0 Å². The Morgan fingerprint density at radius 3 is 2.44 bits per heavy atom. The molecule has 0 bridgehead atoms. The maximum atomic E-state index is 12.5. The van der Waals surface area contributed by atoms with E-state index in [1.165, 1.54) is 0 Å². The normalized spacial score (nSPS) is 14.9. The lowest BCUT2D eigenvalue weighted by Gasteiger charge is -2.12. The lowest BCUT2D eigenvalue weighted by Crippen LogP contribution is -2.34. The standard InChI is InChI=1S/C21H15Br2Cl2NO5S/c1-2-30-18(27)9-26-20(28)17(32-21(26)29)8-12-5-13(22)19(14(23)6-12)31-10-11-3-4-15(24)16(25)7-11/h3-8H,2,9-10H2,1H3/b17-8+. The number of benzene rings is 2. The number of thioether (sulfide) groups is 1. The zero-order chi connectivity index (χ0) is 23.4. The van der Waals surface area contributed by atoms with Gasteiger partial charge in [-0.2, -0.15) is 0 Å². The second-order valence-corrected chi connectivity index (χ2v) is 9.94. The Kier molecular flexibility index (Phi) is 8.68. The van der Waals surface area contributed by atoms with Gasteiger partial charge in [0.2, 0.25) is 0 Å². The number of hydrogen-bond donors (Lipinski definition) is 0. The van der Waals surface area contributed by atoms with Gasteiger partial charge in [-0.15, -0.1) is 0 Å². The van der Waals surface area contributed by atoms with Crippen LogP contribution in [0.5, 0.6) is 5.75 Å². The molecule has 0 spiro atoms. The van der Waals surface area contributed by atoms with Crippen molar-refractivity contribution in [3.63, 3.8) is 0 Å². The van der Waals surface area contributed by atoms with Gasteiger partial charge >= 0.3 is 5.97 Å². The molecule has 6 nitrogen and oxygen atoms in total. The molecule has 1 fully saturated rings. The molecule has 1 heterocycles. The number of carbonyl (C=O) groups excluding carboxylic acids is 3. The van der Waals surface area contributed by atoms with E-state index in [0.29, 0.717) is 30.3 Å². The first kappa shape index (κ1) is 25.1. The smallest absolute Gasteiger partial charge is 0.326 e. The maximum Gasteiger partial charge on any atom is 0.326 e. The van der Waals surface area contributed by atoms with Crippen LogP contribution in [0.15, 0.2) is 44.2 Å². The molecule has 0 atom stereocenters. The van der Waals surface area contributed by atoms with Crippen molar-refractivity contribution in [2.75, 3.05) is 13.2 Å². The molecule has 0 N–H and O–H groups in total. The van der Waals surface area contributed by atoms with Gasteiger partial charge in [0.25, 0.3) is 11.1 Å². The Bertz CT molecular complexity index is 1100. The van der Waals surface area contributed by atoms with E-state index in [1.54, 1.807) is 37.3 Å². The summed E-state index contributed by atoms with van der Waals surface area (Å²) in [5.74, 6) is -0.617. The highest BCUT2D eigenvalue weighted by molar-refractivity contribution is 9.11. The highest BCUT2D eigenvalue weighted by Gasteiger charge is 2.36. The SMILES string of the molecule is CCOC(=O)CN1C(=O)S/C(=C/c2cc(Br)c(OCc3ccc(Cl)c(Cl)c3)c(Br)c2)C1=O. The Labute approximate surface area is 215 Å². The number of hydrogen-bond acceptors (Lipinski definition) is 6. The molecule has 2 aromatic rings. The fourth-order valence-electron chi connectivity index (χ4n) is 2.71. The average molecular weight is 624 g/mol. The minimum atomic E-state index is -0.634. The van der Waals surface area contributed by atoms with Crippen LogP contribution in [0.3, 0.4) is 0 Å². The molecule has 1 saturated heterocycles. The van der Waals surface area contributed by atoms with Gasteiger partial charge in [-0.3, -0.25) is 19.3 Å². The number of esters is 1. The molecule has 0 saturated carbocycles. The number of nitrogens with zero attached hydrogens (tertiary/aromatic N) is 1. The van der Waals surface area contributed by atoms with Crippen molar-refractivity contribution in [1.82, 2.24) is 4.90 Å². The molecular weight excluding hydrogens is 609 g/mol. The van der Waals surface area contributed by atoms with Crippen LogP contribution in [0.4, 0.5) is 4.79 Å². The maximum absolute atomic E-state index is 12.5. The van der Waals surface area contributed by atoms with Crippen LogP contribution in [0.25, 0.3) is 6.08 Å². The summed E-state index contributed by atoms with van der Waals surface area (Å²) >= 11 is 19.7. The van der Waals surface area contributed by atoms with E-state index in [0.717, 1.165) is 22.2 Å². The summed E-state index contributed by atoms with van der Waals surface area (Å²) in [7, 11) is 0. The summed E-state index contributed by atoms with van der Waals surface area (Å²) in [4.78, 5) is 37.4. The van der Waals surface area contributed by atoms with Gasteiger partial charge in [0.15, 0.2) is 0 Å². The van der Waals surface area contributed by atoms with Crippen LogP contribution in [0.1, 0.15) is 18.1 Å². The fraction of sp³-hybridized carbons (Fsp3) is 0.190. The third-order valence-corrected chi connectivity index (χ3v) is 6.98. The molecule has 1 aliphatic rings. The van der Waals surface area contributed by atoms with E-state index in [1.807, 2.05) is 6.07 Å². The Balaban J connectivity index is 1.75. The number of amides is 2. The molecular formula is C21H15Br2Cl2NO5S. The van der Waals surface area contributed by atoms with Gasteiger partial charge in [-0.1, -0.05) is 29.3 Å². The Morgan fingerprint density at radius 1 is 1.12 bits per heavy atom. The summed E-state index contributed by atoms with van der Waals surface area (Å²) in [5.41, 5.74) is 1.50. The quantitative estimate of drug-likeness (QED) is 0.253. The van der Waals surface area contributed by atoms with Crippen molar-refractivity contribution >= 4 is 90.0 Å². The first-order chi connectivity index (χ1) is 15.2. The summed E-state index contributed by atoms with van der Waals surface area (Å²) in [6.45, 7) is 1.68. The van der Waals surface area contributed by atoms with Crippen LogP contribution < -0.4 is 4.74 Å². The van der Waals surface area contributed by atoms with Crippen LogP contribution in [-0.4, -0.2) is 35.2 Å². The van der Waals surface area contributed by atoms with Crippen LogP contribution >= 0.6 is 66.8 Å². The molecule has 0 unspecified atom stereocenters. The minimum Gasteiger partial charge on any atom is -0.487 e. The van der Waals surface area contributed by atoms with Crippen molar-refractivity contribution in [2.45, 2.75) is 13.5 Å². The van der Waals surface area contributed by atoms with Gasteiger partial charge in [0.05, 0.1) is 30.5 Å². The molecule has 1 aliphatic heterocycles.